The predicted molar refractivity (Wildman–Crippen MR) is 171 cm³/mol. The number of aromatic nitrogens is 2. The Morgan fingerprint density at radius 2 is 1.82 bits per heavy atom. The van der Waals surface area contributed by atoms with Gasteiger partial charge in [0.2, 0.25) is 11.8 Å². The molecule has 45 heavy (non-hydrogen) atoms. The number of hydrogen-bond donors (Lipinski definition) is 2. The molecule has 0 radical (unpaired) electrons. The van der Waals surface area contributed by atoms with Gasteiger partial charge in [-0.3, -0.25) is 14.4 Å². The van der Waals surface area contributed by atoms with Crippen molar-refractivity contribution in [2.75, 3.05) is 13.1 Å². The fraction of sp³-hybridized carbons (Fsp3) is 0.312. The summed E-state index contributed by atoms with van der Waals surface area (Å²) in [5.41, 5.74) is 7.24. The number of rotatable bonds is 9. The van der Waals surface area contributed by atoms with Crippen molar-refractivity contribution in [2.45, 2.75) is 49.8 Å². The number of nitrogens with one attached hydrogen (secondary N) is 1. The summed E-state index contributed by atoms with van der Waals surface area (Å²) in [4.78, 5) is 48.2. The van der Waals surface area contributed by atoms with Crippen LogP contribution in [0, 0.1) is 6.92 Å². The summed E-state index contributed by atoms with van der Waals surface area (Å²) in [6.07, 6.45) is 1.85. The molecule has 0 aliphatic carbocycles. The molecular weight excluding hydrogens is 616 g/mol. The monoisotopic (exact) mass is 650 g/mol. The lowest BCUT2D eigenvalue weighted by Gasteiger charge is -2.36. The lowest BCUT2D eigenvalue weighted by atomic mass is 9.96. The number of amides is 3. The molecule has 0 spiro atoms. The van der Waals surface area contributed by atoms with Gasteiger partial charge < -0.3 is 20.1 Å². The van der Waals surface area contributed by atoms with Gasteiger partial charge in [0.15, 0.2) is 5.03 Å². The zero-order valence-corrected chi connectivity index (χ0v) is 26.8. The molecule has 0 saturated carbocycles. The Balaban J connectivity index is 1.49. The Morgan fingerprint density at radius 1 is 1.11 bits per heavy atom. The Bertz CT molecular complexity index is 1850. The van der Waals surface area contributed by atoms with Gasteiger partial charge in [-0.05, 0) is 54.3 Å². The van der Waals surface area contributed by atoms with E-state index in [4.69, 9.17) is 17.3 Å². The van der Waals surface area contributed by atoms with Crippen LogP contribution in [0.15, 0.2) is 78.0 Å². The molecule has 1 aliphatic rings. The average Bonchev–Trinajstić information content (AvgIpc) is 3.29. The molecule has 5 rings (SSSR count). The highest BCUT2D eigenvalue weighted by molar-refractivity contribution is 7.89. The van der Waals surface area contributed by atoms with Crippen molar-refractivity contribution in [1.82, 2.24) is 24.1 Å². The number of aryl methyl sites for hydroxylation is 2. The van der Waals surface area contributed by atoms with Gasteiger partial charge in [0.1, 0.15) is 17.9 Å². The summed E-state index contributed by atoms with van der Waals surface area (Å²) in [7, 11) is -2.46. The molecule has 3 aromatic carbocycles. The lowest BCUT2D eigenvalue weighted by Crippen LogP contribution is -2.53. The van der Waals surface area contributed by atoms with Gasteiger partial charge in [-0.15, -0.1) is 0 Å². The van der Waals surface area contributed by atoms with Crippen LogP contribution in [-0.4, -0.2) is 70.7 Å². The van der Waals surface area contributed by atoms with E-state index in [1.165, 1.54) is 16.0 Å². The highest BCUT2D eigenvalue weighted by atomic mass is 35.5. The third-order valence-corrected chi connectivity index (χ3v) is 9.79. The summed E-state index contributed by atoms with van der Waals surface area (Å²) < 4.78 is 29.8. The summed E-state index contributed by atoms with van der Waals surface area (Å²) in [6, 6.07) is 17.4. The molecule has 11 nitrogen and oxygen atoms in total. The van der Waals surface area contributed by atoms with Crippen molar-refractivity contribution in [3.05, 3.63) is 94.9 Å². The standard InChI is InChI=1S/C32H35ClN6O5S/c1-20-14-15-38(27(31(34)41)17-23-10-6-9-22-8-4-5-13-26(22)23)32(42)30(24-11-7-12-25(33)16-24)39(20)29(40)18-35-45(43,44)28-19-37(3)21(2)36-28/h4-13,16,19-20,27,30,35H,14-15,17-18H2,1-3H3,(H2,34,41)/t20-,27?,30+/m1/s1. The van der Waals surface area contributed by atoms with Crippen molar-refractivity contribution in [3.8, 4) is 0 Å². The Kier molecular flexibility index (Phi) is 9.28. The van der Waals surface area contributed by atoms with Crippen LogP contribution in [-0.2, 0) is 37.9 Å². The minimum Gasteiger partial charge on any atom is -0.368 e. The second-order valence-corrected chi connectivity index (χ2v) is 13.4. The molecular formula is C32H35ClN6O5S. The van der Waals surface area contributed by atoms with Crippen LogP contribution in [0.1, 0.15) is 36.3 Å². The number of carbonyl (C=O) groups excluding carboxylic acids is 3. The van der Waals surface area contributed by atoms with E-state index in [0.717, 1.165) is 16.3 Å². The SMILES string of the molecule is Cc1nc(S(=O)(=O)NCC(=O)N2[C@H](C)CCN(C(Cc3cccc4ccccc34)C(N)=O)C(=O)[C@@H]2c2cccc(Cl)c2)cn1C. The number of hydrogen-bond acceptors (Lipinski definition) is 6. The van der Waals surface area contributed by atoms with E-state index in [9.17, 15) is 22.8 Å². The number of nitrogens with zero attached hydrogens (tertiary/aromatic N) is 4. The van der Waals surface area contributed by atoms with Crippen LogP contribution in [0.4, 0.5) is 0 Å². The number of benzene rings is 3. The lowest BCUT2D eigenvalue weighted by molar-refractivity contribution is -0.148. The zero-order valence-electron chi connectivity index (χ0n) is 25.2. The van der Waals surface area contributed by atoms with Crippen molar-refractivity contribution >= 4 is 50.1 Å². The topological polar surface area (TPSA) is 148 Å². The van der Waals surface area contributed by atoms with E-state index in [1.807, 2.05) is 42.5 Å². The van der Waals surface area contributed by atoms with Crippen molar-refractivity contribution < 1.29 is 22.8 Å². The zero-order chi connectivity index (χ0) is 32.5. The van der Waals surface area contributed by atoms with E-state index in [1.54, 1.807) is 49.7 Å². The van der Waals surface area contributed by atoms with Gasteiger partial charge >= 0.3 is 0 Å². The van der Waals surface area contributed by atoms with Gasteiger partial charge in [-0.2, -0.15) is 0 Å². The molecule has 2 heterocycles. The molecule has 3 atom stereocenters. The first-order valence-electron chi connectivity index (χ1n) is 14.5. The molecule has 1 aromatic heterocycles. The summed E-state index contributed by atoms with van der Waals surface area (Å²) in [5, 5.41) is 2.07. The average molecular weight is 651 g/mol. The Hall–Kier alpha value is -4.26. The number of nitrogens with two attached hydrogens (primary N) is 1. The van der Waals surface area contributed by atoms with E-state index in [-0.39, 0.29) is 18.0 Å². The normalized spacial score (nSPS) is 18.2. The third-order valence-electron chi connectivity index (χ3n) is 8.28. The second-order valence-electron chi connectivity index (χ2n) is 11.3. The summed E-state index contributed by atoms with van der Waals surface area (Å²) >= 11 is 6.33. The van der Waals surface area contributed by atoms with Crippen molar-refractivity contribution in [3.63, 3.8) is 0 Å². The maximum Gasteiger partial charge on any atom is 0.260 e. The molecule has 236 valence electrons. The molecule has 13 heteroatoms. The molecule has 3 N–H and O–H groups in total. The number of fused-ring (bicyclic) bond motifs is 1. The summed E-state index contributed by atoms with van der Waals surface area (Å²) in [5.74, 6) is -1.32. The Morgan fingerprint density at radius 3 is 2.51 bits per heavy atom. The van der Waals surface area contributed by atoms with E-state index in [0.29, 0.717) is 22.8 Å². The van der Waals surface area contributed by atoms with Gasteiger partial charge in [-0.25, -0.2) is 18.1 Å². The van der Waals surface area contributed by atoms with Crippen LogP contribution >= 0.6 is 11.6 Å². The fourth-order valence-corrected chi connectivity index (χ4v) is 7.02. The number of sulfonamides is 1. The number of primary amides is 1. The van der Waals surface area contributed by atoms with Crippen molar-refractivity contribution in [1.29, 1.82) is 0 Å². The molecule has 1 aliphatic heterocycles. The first-order valence-corrected chi connectivity index (χ1v) is 16.4. The first kappa shape index (κ1) is 32.1. The smallest absolute Gasteiger partial charge is 0.260 e. The van der Waals surface area contributed by atoms with E-state index < -0.39 is 52.4 Å². The maximum atomic E-state index is 14.5. The predicted octanol–water partition coefficient (Wildman–Crippen LogP) is 3.10. The third kappa shape index (κ3) is 6.73. The van der Waals surface area contributed by atoms with Gasteiger partial charge in [0.25, 0.3) is 15.9 Å². The van der Waals surface area contributed by atoms with Crippen LogP contribution in [0.5, 0.6) is 0 Å². The summed E-state index contributed by atoms with van der Waals surface area (Å²) in [6.45, 7) is 2.99. The van der Waals surface area contributed by atoms with Crippen molar-refractivity contribution in [2.24, 2.45) is 12.8 Å². The Labute approximate surface area is 267 Å². The molecule has 4 aromatic rings. The maximum absolute atomic E-state index is 14.5. The molecule has 3 amide bonds. The minimum absolute atomic E-state index is 0.151. The molecule has 1 saturated heterocycles. The van der Waals surface area contributed by atoms with E-state index >= 15 is 0 Å². The first-order chi connectivity index (χ1) is 21.4. The van der Waals surface area contributed by atoms with Gasteiger partial charge in [0, 0.05) is 37.3 Å². The van der Waals surface area contributed by atoms with Crippen LogP contribution in [0.25, 0.3) is 10.8 Å². The quantitative estimate of drug-likeness (QED) is 0.285. The minimum atomic E-state index is -4.12. The highest BCUT2D eigenvalue weighted by Crippen LogP contribution is 2.33. The van der Waals surface area contributed by atoms with Crippen LogP contribution < -0.4 is 10.5 Å². The fourth-order valence-electron chi connectivity index (χ4n) is 5.81. The van der Waals surface area contributed by atoms with Gasteiger partial charge in [0.05, 0.1) is 6.54 Å². The van der Waals surface area contributed by atoms with E-state index in [2.05, 4.69) is 9.71 Å². The van der Waals surface area contributed by atoms with Gasteiger partial charge in [-0.1, -0.05) is 66.2 Å². The largest absolute Gasteiger partial charge is 0.368 e. The molecule has 0 bridgehead atoms. The number of imidazole rings is 1. The number of halogens is 1. The number of carbonyl (C=O) groups is 3. The molecule has 1 fully saturated rings. The highest BCUT2D eigenvalue weighted by Gasteiger charge is 2.43. The second kappa shape index (κ2) is 13.0. The molecule has 1 unspecified atom stereocenters. The van der Waals surface area contributed by atoms with Crippen LogP contribution in [0.2, 0.25) is 5.02 Å². The van der Waals surface area contributed by atoms with Crippen LogP contribution in [0.3, 0.4) is 0 Å².